The number of aromatic amines is 1. The van der Waals surface area contributed by atoms with Crippen LogP contribution in [0.2, 0.25) is 0 Å². The van der Waals surface area contributed by atoms with Crippen molar-refractivity contribution in [3.63, 3.8) is 0 Å². The van der Waals surface area contributed by atoms with E-state index in [2.05, 4.69) is 25.9 Å². The molecule has 1 N–H and O–H groups in total. The van der Waals surface area contributed by atoms with Crippen LogP contribution in [0, 0.1) is 0 Å². The maximum Gasteiger partial charge on any atom is 0.251 e. The smallest absolute Gasteiger partial charge is 0.251 e. The molecule has 1 aromatic carbocycles. The third-order valence-electron chi connectivity index (χ3n) is 2.21. The molecule has 0 aliphatic carbocycles. The highest BCUT2D eigenvalue weighted by Gasteiger charge is 2.03. The van der Waals surface area contributed by atoms with Crippen molar-refractivity contribution in [2.45, 2.75) is 6.61 Å². The van der Waals surface area contributed by atoms with Crippen molar-refractivity contribution in [1.29, 1.82) is 0 Å². The Bertz CT molecular complexity index is 563. The predicted molar refractivity (Wildman–Crippen MR) is 68.7 cm³/mol. The Balaban J connectivity index is 2.44. The van der Waals surface area contributed by atoms with Crippen molar-refractivity contribution in [2.24, 2.45) is 0 Å². The number of hydrogen-bond acceptors (Lipinski definition) is 3. The molecule has 0 saturated heterocycles. The molecule has 2 rings (SSSR count). The monoisotopic (exact) mass is 294 g/mol. The average Bonchev–Trinajstić information content (AvgIpc) is 2.29. The molecule has 1 heterocycles. The molecule has 0 radical (unpaired) electrons. The van der Waals surface area contributed by atoms with E-state index in [1.54, 1.807) is 7.11 Å². The zero-order valence-electron chi connectivity index (χ0n) is 9.24. The number of benzene rings is 1. The fraction of sp³-hybridized carbons (Fsp3) is 0.167. The third kappa shape index (κ3) is 3.01. The number of halogens is 1. The van der Waals surface area contributed by atoms with Gasteiger partial charge in [0, 0.05) is 23.2 Å². The number of H-pyrrole nitrogens is 1. The van der Waals surface area contributed by atoms with Crippen molar-refractivity contribution in [1.82, 2.24) is 9.97 Å². The summed E-state index contributed by atoms with van der Waals surface area (Å²) in [5.74, 6) is 0.526. The summed E-state index contributed by atoms with van der Waals surface area (Å²) in [7, 11) is 1.56. The Morgan fingerprint density at radius 1 is 1.35 bits per heavy atom. The molecule has 0 aliphatic rings. The molecule has 0 aliphatic heterocycles. The molecule has 17 heavy (non-hydrogen) atoms. The van der Waals surface area contributed by atoms with Gasteiger partial charge in [-0.05, 0) is 12.1 Å². The second kappa shape index (κ2) is 5.25. The number of rotatable bonds is 3. The first-order chi connectivity index (χ1) is 8.19. The van der Waals surface area contributed by atoms with Crippen molar-refractivity contribution >= 4 is 15.9 Å². The van der Waals surface area contributed by atoms with Crippen LogP contribution in [0.3, 0.4) is 0 Å². The van der Waals surface area contributed by atoms with Gasteiger partial charge in [0.15, 0.2) is 0 Å². The molecule has 0 saturated carbocycles. The molecule has 0 bridgehead atoms. The van der Waals surface area contributed by atoms with Crippen molar-refractivity contribution in [3.05, 3.63) is 51.0 Å². The molecule has 0 spiro atoms. The topological polar surface area (TPSA) is 55.0 Å². The van der Waals surface area contributed by atoms with Gasteiger partial charge in [-0.25, -0.2) is 4.98 Å². The summed E-state index contributed by atoms with van der Waals surface area (Å²) < 4.78 is 5.94. The van der Waals surface area contributed by atoms with Gasteiger partial charge in [-0.15, -0.1) is 0 Å². The molecule has 0 atom stereocenters. The Morgan fingerprint density at radius 3 is 2.71 bits per heavy atom. The van der Waals surface area contributed by atoms with Crippen LogP contribution in [-0.4, -0.2) is 17.1 Å². The average molecular weight is 295 g/mol. The summed E-state index contributed by atoms with van der Waals surface area (Å²) in [4.78, 5) is 18.4. The third-order valence-corrected chi connectivity index (χ3v) is 2.74. The zero-order valence-corrected chi connectivity index (χ0v) is 10.8. The van der Waals surface area contributed by atoms with Crippen LogP contribution in [0.4, 0.5) is 0 Å². The maximum absolute atomic E-state index is 11.5. The highest BCUT2D eigenvalue weighted by Crippen LogP contribution is 2.18. The van der Waals surface area contributed by atoms with E-state index in [4.69, 9.17) is 4.74 Å². The quantitative estimate of drug-likeness (QED) is 0.945. The SMILES string of the molecule is COCc1nc(-c2ccc(Br)cc2)cc(=O)[nH]1. The Kier molecular flexibility index (Phi) is 3.71. The predicted octanol–water partition coefficient (Wildman–Crippen LogP) is 2.35. The highest BCUT2D eigenvalue weighted by molar-refractivity contribution is 9.10. The van der Waals surface area contributed by atoms with Crippen LogP contribution < -0.4 is 5.56 Å². The Morgan fingerprint density at radius 2 is 2.06 bits per heavy atom. The highest BCUT2D eigenvalue weighted by atomic mass is 79.9. The fourth-order valence-corrected chi connectivity index (χ4v) is 1.75. The zero-order chi connectivity index (χ0) is 12.3. The van der Waals surface area contributed by atoms with Gasteiger partial charge in [0.2, 0.25) is 0 Å². The van der Waals surface area contributed by atoms with Gasteiger partial charge >= 0.3 is 0 Å². The van der Waals surface area contributed by atoms with E-state index >= 15 is 0 Å². The lowest BCUT2D eigenvalue weighted by molar-refractivity contribution is 0.177. The van der Waals surface area contributed by atoms with Crippen LogP contribution in [0.1, 0.15) is 5.82 Å². The van der Waals surface area contributed by atoms with Gasteiger partial charge in [-0.1, -0.05) is 28.1 Å². The molecule has 88 valence electrons. The number of methoxy groups -OCH3 is 1. The number of hydrogen-bond donors (Lipinski definition) is 1. The minimum atomic E-state index is -0.176. The van der Waals surface area contributed by atoms with Crippen LogP contribution in [0.25, 0.3) is 11.3 Å². The van der Waals surface area contributed by atoms with E-state index in [-0.39, 0.29) is 5.56 Å². The Labute approximate surface area is 107 Å². The standard InChI is InChI=1S/C12H11BrN2O2/c1-17-7-11-14-10(6-12(16)15-11)8-2-4-9(13)5-3-8/h2-6H,7H2,1H3,(H,14,15,16). The van der Waals surface area contributed by atoms with E-state index in [1.165, 1.54) is 6.07 Å². The minimum absolute atomic E-state index is 0.176. The fourth-order valence-electron chi connectivity index (χ4n) is 1.48. The van der Waals surface area contributed by atoms with Gasteiger partial charge in [0.1, 0.15) is 12.4 Å². The van der Waals surface area contributed by atoms with Gasteiger partial charge in [0.05, 0.1) is 5.69 Å². The number of ether oxygens (including phenoxy) is 1. The lowest BCUT2D eigenvalue weighted by Crippen LogP contribution is -2.11. The molecular formula is C12H11BrN2O2. The summed E-state index contributed by atoms with van der Waals surface area (Å²) >= 11 is 3.36. The number of nitrogens with zero attached hydrogens (tertiary/aromatic N) is 1. The summed E-state index contributed by atoms with van der Waals surface area (Å²) in [6.07, 6.45) is 0. The van der Waals surface area contributed by atoms with E-state index < -0.39 is 0 Å². The van der Waals surface area contributed by atoms with Gasteiger partial charge < -0.3 is 9.72 Å². The second-order valence-corrected chi connectivity index (χ2v) is 4.43. The summed E-state index contributed by atoms with van der Waals surface area (Å²) in [6.45, 7) is 0.291. The molecule has 0 amide bonds. The minimum Gasteiger partial charge on any atom is -0.377 e. The van der Waals surface area contributed by atoms with Crippen molar-refractivity contribution in [2.75, 3.05) is 7.11 Å². The van der Waals surface area contributed by atoms with Crippen LogP contribution in [0.15, 0.2) is 39.6 Å². The summed E-state index contributed by atoms with van der Waals surface area (Å²) in [6, 6.07) is 9.11. The number of aromatic nitrogens is 2. The lowest BCUT2D eigenvalue weighted by Gasteiger charge is -2.03. The molecule has 4 nitrogen and oxygen atoms in total. The largest absolute Gasteiger partial charge is 0.377 e. The molecule has 5 heteroatoms. The van der Waals surface area contributed by atoms with Crippen molar-refractivity contribution < 1.29 is 4.74 Å². The van der Waals surface area contributed by atoms with E-state index in [0.29, 0.717) is 18.1 Å². The van der Waals surface area contributed by atoms with Crippen molar-refractivity contribution in [3.8, 4) is 11.3 Å². The molecule has 2 aromatic rings. The molecule has 1 aromatic heterocycles. The lowest BCUT2D eigenvalue weighted by atomic mass is 10.1. The van der Waals surface area contributed by atoms with E-state index in [1.807, 2.05) is 24.3 Å². The molecule has 0 unspecified atom stereocenters. The first-order valence-electron chi connectivity index (χ1n) is 5.04. The number of nitrogens with one attached hydrogen (secondary N) is 1. The second-order valence-electron chi connectivity index (χ2n) is 3.52. The van der Waals surface area contributed by atoms with Crippen LogP contribution in [-0.2, 0) is 11.3 Å². The maximum atomic E-state index is 11.5. The van der Waals surface area contributed by atoms with Gasteiger partial charge in [-0.2, -0.15) is 0 Å². The van der Waals surface area contributed by atoms with E-state index in [0.717, 1.165) is 10.0 Å². The first-order valence-corrected chi connectivity index (χ1v) is 5.83. The molecular weight excluding hydrogens is 284 g/mol. The van der Waals surface area contributed by atoms with Gasteiger partial charge in [-0.3, -0.25) is 4.79 Å². The summed E-state index contributed by atoms with van der Waals surface area (Å²) in [5, 5.41) is 0. The summed E-state index contributed by atoms with van der Waals surface area (Å²) in [5.41, 5.74) is 1.37. The normalized spacial score (nSPS) is 10.5. The molecule has 0 fully saturated rings. The van der Waals surface area contributed by atoms with Gasteiger partial charge in [0.25, 0.3) is 5.56 Å². The van der Waals surface area contributed by atoms with E-state index in [9.17, 15) is 4.79 Å². The Hall–Kier alpha value is -1.46. The first kappa shape index (κ1) is 12.0. The van der Waals surface area contributed by atoms with Crippen LogP contribution in [0.5, 0.6) is 0 Å². The van der Waals surface area contributed by atoms with Crippen LogP contribution >= 0.6 is 15.9 Å².